The van der Waals surface area contributed by atoms with Gasteiger partial charge in [0.05, 0.1) is 12.0 Å². The lowest BCUT2D eigenvalue weighted by atomic mass is 10.3. The summed E-state index contributed by atoms with van der Waals surface area (Å²) >= 11 is 5.78. The number of sulfonamides is 1. The molecule has 0 aliphatic heterocycles. The van der Waals surface area contributed by atoms with Gasteiger partial charge in [0, 0.05) is 22.5 Å². The van der Waals surface area contributed by atoms with Crippen molar-refractivity contribution in [2.24, 2.45) is 0 Å². The predicted octanol–water partition coefficient (Wildman–Crippen LogP) is 3.17. The van der Waals surface area contributed by atoms with Gasteiger partial charge in [-0.3, -0.25) is 9.52 Å². The molecule has 2 aromatic carbocycles. The second kappa shape index (κ2) is 8.33. The van der Waals surface area contributed by atoms with E-state index in [1.807, 2.05) is 0 Å². The zero-order valence-electron chi connectivity index (χ0n) is 14.9. The molecular weight excluding hydrogens is 422 g/mol. The first kappa shape index (κ1) is 20.4. The number of nitrogens with one attached hydrogen (secondary N) is 2. The summed E-state index contributed by atoms with van der Waals surface area (Å²) in [6.07, 6.45) is 0. The summed E-state index contributed by atoms with van der Waals surface area (Å²) in [4.78, 5) is 23.5. The van der Waals surface area contributed by atoms with Gasteiger partial charge >= 0.3 is 5.97 Å². The fourth-order valence-electron chi connectivity index (χ4n) is 2.22. The van der Waals surface area contributed by atoms with Crippen molar-refractivity contribution in [3.63, 3.8) is 0 Å². The third kappa shape index (κ3) is 4.92. The van der Waals surface area contributed by atoms with Crippen molar-refractivity contribution in [2.75, 3.05) is 17.1 Å². The van der Waals surface area contributed by atoms with Crippen LogP contribution in [0.4, 0.5) is 11.4 Å². The number of carbonyl (C=O) groups is 2. The fourth-order valence-corrected chi connectivity index (χ4v) is 3.41. The van der Waals surface area contributed by atoms with E-state index >= 15 is 0 Å². The molecular formula is C18H14ClN3O6S. The van der Waals surface area contributed by atoms with Crippen LogP contribution in [0.25, 0.3) is 0 Å². The van der Waals surface area contributed by atoms with E-state index in [-0.39, 0.29) is 16.3 Å². The van der Waals surface area contributed by atoms with Crippen LogP contribution in [0.2, 0.25) is 5.02 Å². The van der Waals surface area contributed by atoms with Gasteiger partial charge in [0.25, 0.3) is 15.9 Å². The second-order valence-corrected chi connectivity index (χ2v) is 7.78. The molecule has 0 fully saturated rings. The second-order valence-electron chi connectivity index (χ2n) is 5.66. The number of methoxy groups -OCH3 is 1. The number of aromatic nitrogens is 1. The molecule has 3 aromatic rings. The highest BCUT2D eigenvalue weighted by molar-refractivity contribution is 7.92. The summed E-state index contributed by atoms with van der Waals surface area (Å²) in [5, 5.41) is 6.49. The summed E-state index contributed by atoms with van der Waals surface area (Å²) in [7, 11) is -2.65. The molecule has 150 valence electrons. The SMILES string of the molecule is COC(=O)c1cc(C(=O)Nc2ccc(S(=O)(=O)Nc3ccc(Cl)cc3)cc2)no1. The van der Waals surface area contributed by atoms with E-state index in [1.54, 1.807) is 12.1 Å². The highest BCUT2D eigenvalue weighted by atomic mass is 35.5. The number of halogens is 1. The Morgan fingerprint density at radius 1 is 1.03 bits per heavy atom. The maximum atomic E-state index is 12.4. The smallest absolute Gasteiger partial charge is 0.376 e. The van der Waals surface area contributed by atoms with Crippen LogP contribution >= 0.6 is 11.6 Å². The Labute approximate surface area is 170 Å². The van der Waals surface area contributed by atoms with Crippen LogP contribution < -0.4 is 10.0 Å². The van der Waals surface area contributed by atoms with E-state index in [1.165, 1.54) is 43.5 Å². The van der Waals surface area contributed by atoms with Crippen LogP contribution in [-0.4, -0.2) is 32.6 Å². The van der Waals surface area contributed by atoms with Crippen molar-refractivity contribution in [3.8, 4) is 0 Å². The summed E-state index contributed by atoms with van der Waals surface area (Å²) in [6.45, 7) is 0. The average Bonchev–Trinajstić information content (AvgIpc) is 3.20. The van der Waals surface area contributed by atoms with Gasteiger partial charge in [-0.2, -0.15) is 0 Å². The molecule has 2 N–H and O–H groups in total. The van der Waals surface area contributed by atoms with Crippen molar-refractivity contribution in [1.29, 1.82) is 0 Å². The molecule has 0 aliphatic carbocycles. The molecule has 1 heterocycles. The minimum atomic E-state index is -3.82. The van der Waals surface area contributed by atoms with Crippen LogP contribution in [0, 0.1) is 0 Å². The number of benzene rings is 2. The first-order valence-corrected chi connectivity index (χ1v) is 9.89. The van der Waals surface area contributed by atoms with Gasteiger partial charge in [-0.1, -0.05) is 16.8 Å². The lowest BCUT2D eigenvalue weighted by Crippen LogP contribution is -2.14. The fraction of sp³-hybridized carbons (Fsp3) is 0.0556. The number of anilines is 2. The Morgan fingerprint density at radius 3 is 2.28 bits per heavy atom. The standard InChI is InChI=1S/C18H14ClN3O6S/c1-27-18(24)16-10-15(21-28-16)17(23)20-12-6-8-14(9-7-12)29(25,26)22-13-4-2-11(19)3-5-13/h2-10,22H,1H3,(H,20,23). The van der Waals surface area contributed by atoms with Gasteiger partial charge in [0.2, 0.25) is 5.76 Å². The van der Waals surface area contributed by atoms with Crippen molar-refractivity contribution in [2.45, 2.75) is 4.90 Å². The molecule has 0 saturated heterocycles. The van der Waals surface area contributed by atoms with Crippen LogP contribution in [0.15, 0.2) is 64.0 Å². The molecule has 0 bridgehead atoms. The lowest BCUT2D eigenvalue weighted by molar-refractivity contribution is 0.0554. The predicted molar refractivity (Wildman–Crippen MR) is 104 cm³/mol. The van der Waals surface area contributed by atoms with Crippen molar-refractivity contribution < 1.29 is 27.3 Å². The Morgan fingerprint density at radius 2 is 1.66 bits per heavy atom. The number of esters is 1. The quantitative estimate of drug-likeness (QED) is 0.569. The molecule has 0 spiro atoms. The third-order valence-corrected chi connectivity index (χ3v) is 5.30. The summed E-state index contributed by atoms with van der Waals surface area (Å²) in [5.41, 5.74) is 0.550. The van der Waals surface area contributed by atoms with Crippen LogP contribution in [-0.2, 0) is 14.8 Å². The molecule has 11 heteroatoms. The number of hydrogen-bond donors (Lipinski definition) is 2. The Bertz CT molecular complexity index is 1140. The van der Waals surface area contributed by atoms with E-state index in [2.05, 4.69) is 19.9 Å². The van der Waals surface area contributed by atoms with Gasteiger partial charge in [-0.15, -0.1) is 0 Å². The van der Waals surface area contributed by atoms with E-state index in [0.29, 0.717) is 16.4 Å². The Balaban J connectivity index is 1.69. The minimum absolute atomic E-state index is 0.000127. The summed E-state index contributed by atoms with van der Waals surface area (Å²) in [6, 6.07) is 12.8. The maximum Gasteiger partial charge on any atom is 0.376 e. The first-order chi connectivity index (χ1) is 13.8. The van der Waals surface area contributed by atoms with Crippen LogP contribution in [0.3, 0.4) is 0 Å². The van der Waals surface area contributed by atoms with Crippen molar-refractivity contribution in [3.05, 3.63) is 71.1 Å². The van der Waals surface area contributed by atoms with Crippen molar-refractivity contribution >= 4 is 44.9 Å². The normalized spacial score (nSPS) is 11.0. The van der Waals surface area contributed by atoms with Gasteiger partial charge < -0.3 is 14.6 Å². The Kier molecular flexibility index (Phi) is 5.85. The molecule has 1 amide bonds. The zero-order chi connectivity index (χ0) is 21.0. The lowest BCUT2D eigenvalue weighted by Gasteiger charge is -2.09. The molecule has 9 nitrogen and oxygen atoms in total. The molecule has 0 atom stereocenters. The first-order valence-electron chi connectivity index (χ1n) is 8.03. The highest BCUT2D eigenvalue weighted by Gasteiger charge is 2.19. The largest absolute Gasteiger partial charge is 0.463 e. The zero-order valence-corrected chi connectivity index (χ0v) is 16.5. The number of nitrogens with zero attached hydrogens (tertiary/aromatic N) is 1. The number of amides is 1. The van der Waals surface area contributed by atoms with E-state index in [4.69, 9.17) is 16.1 Å². The molecule has 0 saturated carbocycles. The number of rotatable bonds is 6. The van der Waals surface area contributed by atoms with Crippen molar-refractivity contribution in [1.82, 2.24) is 5.16 Å². The number of carbonyl (C=O) groups excluding carboxylic acids is 2. The Hall–Kier alpha value is -3.37. The molecule has 3 rings (SSSR count). The van der Waals surface area contributed by atoms with Gasteiger partial charge in [-0.05, 0) is 48.5 Å². The summed E-state index contributed by atoms with van der Waals surface area (Å²) < 4.78 is 36.5. The van der Waals surface area contributed by atoms with E-state index < -0.39 is 21.9 Å². The maximum absolute atomic E-state index is 12.4. The topological polar surface area (TPSA) is 128 Å². The van der Waals surface area contributed by atoms with Gasteiger partial charge in [-0.25, -0.2) is 13.2 Å². The molecule has 0 aliphatic rings. The molecule has 0 unspecified atom stereocenters. The van der Waals surface area contributed by atoms with Crippen LogP contribution in [0.1, 0.15) is 21.0 Å². The number of hydrogen-bond acceptors (Lipinski definition) is 7. The van der Waals surface area contributed by atoms with Crippen LogP contribution in [0.5, 0.6) is 0 Å². The average molecular weight is 436 g/mol. The number of ether oxygens (including phenoxy) is 1. The summed E-state index contributed by atoms with van der Waals surface area (Å²) in [5.74, 6) is -1.62. The van der Waals surface area contributed by atoms with Gasteiger partial charge in [0.15, 0.2) is 5.69 Å². The minimum Gasteiger partial charge on any atom is -0.463 e. The molecule has 0 radical (unpaired) electrons. The van der Waals surface area contributed by atoms with E-state index in [9.17, 15) is 18.0 Å². The third-order valence-electron chi connectivity index (χ3n) is 3.65. The highest BCUT2D eigenvalue weighted by Crippen LogP contribution is 2.20. The monoisotopic (exact) mass is 435 g/mol. The molecule has 29 heavy (non-hydrogen) atoms. The van der Waals surface area contributed by atoms with Gasteiger partial charge in [0.1, 0.15) is 0 Å². The van der Waals surface area contributed by atoms with E-state index in [0.717, 1.165) is 6.07 Å². The molecule has 1 aromatic heterocycles.